The molecule has 1 aromatic carbocycles. The number of benzene rings is 1. The number of rotatable bonds is 3. The smallest absolute Gasteiger partial charge is 0.116 e. The molecule has 1 aliphatic carbocycles. The predicted molar refractivity (Wildman–Crippen MR) is 82.9 cm³/mol. The van der Waals surface area contributed by atoms with Crippen LogP contribution in [0.3, 0.4) is 0 Å². The van der Waals surface area contributed by atoms with Crippen molar-refractivity contribution in [1.29, 1.82) is 0 Å². The lowest BCUT2D eigenvalue weighted by Crippen LogP contribution is -2.27. The third-order valence-corrected chi connectivity index (χ3v) is 5.13. The van der Waals surface area contributed by atoms with Crippen LogP contribution >= 0.6 is 11.8 Å². The van der Waals surface area contributed by atoms with Gasteiger partial charge in [-0.05, 0) is 43.5 Å². The van der Waals surface area contributed by atoms with Gasteiger partial charge in [0, 0.05) is 17.5 Å². The Labute approximate surface area is 124 Å². The molecule has 1 heterocycles. The average molecular weight is 285 g/mol. The number of nitrogens with zero attached hydrogens (tertiary/aromatic N) is 2. The van der Waals surface area contributed by atoms with E-state index in [0.29, 0.717) is 11.3 Å². The minimum Gasteiger partial charge on any atom is -0.312 e. The van der Waals surface area contributed by atoms with Gasteiger partial charge in [0.15, 0.2) is 0 Å². The monoisotopic (exact) mass is 285 g/mol. The molecule has 4 heteroatoms. The maximum absolute atomic E-state index is 4.35. The van der Waals surface area contributed by atoms with Crippen molar-refractivity contribution in [2.24, 2.45) is 0 Å². The molecule has 2 aromatic rings. The van der Waals surface area contributed by atoms with Gasteiger partial charge in [0.1, 0.15) is 6.33 Å². The fourth-order valence-corrected chi connectivity index (χ4v) is 4.16. The van der Waals surface area contributed by atoms with Crippen molar-refractivity contribution in [3.63, 3.8) is 0 Å². The third-order valence-electron chi connectivity index (χ3n) is 3.83. The fraction of sp³-hybridized carbons (Fsp3) is 0.375. The average Bonchev–Trinajstić information content (AvgIpc) is 2.67. The summed E-state index contributed by atoms with van der Waals surface area (Å²) in [7, 11) is 2.06. The summed E-state index contributed by atoms with van der Waals surface area (Å²) in [6, 6.07) is 11.2. The fourth-order valence-electron chi connectivity index (χ4n) is 2.90. The van der Waals surface area contributed by atoms with E-state index < -0.39 is 0 Å². The zero-order chi connectivity index (χ0) is 13.8. The lowest BCUT2D eigenvalue weighted by Gasteiger charge is -2.25. The van der Waals surface area contributed by atoms with Crippen LogP contribution in [0.25, 0.3) is 0 Å². The highest BCUT2D eigenvalue weighted by molar-refractivity contribution is 7.99. The molecule has 0 aliphatic heterocycles. The second-order valence-corrected chi connectivity index (χ2v) is 6.32. The van der Waals surface area contributed by atoms with Crippen molar-refractivity contribution in [2.75, 3.05) is 7.05 Å². The first kappa shape index (κ1) is 13.6. The largest absolute Gasteiger partial charge is 0.312 e. The molecule has 2 atom stereocenters. The first-order valence-electron chi connectivity index (χ1n) is 7.06. The second-order valence-electron chi connectivity index (χ2n) is 5.06. The molecule has 0 amide bonds. The van der Waals surface area contributed by atoms with Gasteiger partial charge in [0.25, 0.3) is 0 Å². The van der Waals surface area contributed by atoms with Gasteiger partial charge in [-0.1, -0.05) is 24.3 Å². The lowest BCUT2D eigenvalue weighted by molar-refractivity contribution is 0.547. The lowest BCUT2D eigenvalue weighted by atomic mass is 9.99. The number of aryl methyl sites for hydroxylation is 1. The third kappa shape index (κ3) is 2.86. The Hall–Kier alpha value is -1.39. The minimum atomic E-state index is 0.383. The van der Waals surface area contributed by atoms with Crippen LogP contribution in [0.4, 0.5) is 0 Å². The van der Waals surface area contributed by atoms with Gasteiger partial charge in [-0.15, -0.1) is 11.8 Å². The molecular formula is C16H19N3S. The maximum Gasteiger partial charge on any atom is 0.116 e. The summed E-state index contributed by atoms with van der Waals surface area (Å²) < 4.78 is 0. The maximum atomic E-state index is 4.35. The number of aromatic nitrogens is 2. The molecule has 0 fully saturated rings. The normalized spacial score (nSPS) is 22.1. The summed E-state index contributed by atoms with van der Waals surface area (Å²) >= 11 is 1.86. The Morgan fingerprint density at radius 1 is 1.25 bits per heavy atom. The van der Waals surface area contributed by atoms with Crippen LogP contribution in [0.15, 0.2) is 47.9 Å². The van der Waals surface area contributed by atoms with Gasteiger partial charge in [0.2, 0.25) is 0 Å². The van der Waals surface area contributed by atoms with E-state index in [1.165, 1.54) is 30.4 Å². The first-order valence-corrected chi connectivity index (χ1v) is 7.94. The van der Waals surface area contributed by atoms with Crippen LogP contribution in [0.5, 0.6) is 0 Å². The van der Waals surface area contributed by atoms with Crippen molar-refractivity contribution in [3.05, 3.63) is 54.0 Å². The van der Waals surface area contributed by atoms with Crippen molar-refractivity contribution >= 4 is 11.8 Å². The molecule has 2 unspecified atom stereocenters. The molecule has 0 radical (unpaired) electrons. The van der Waals surface area contributed by atoms with E-state index in [4.69, 9.17) is 0 Å². The van der Waals surface area contributed by atoms with E-state index in [9.17, 15) is 0 Å². The van der Waals surface area contributed by atoms with Crippen LogP contribution in [0.2, 0.25) is 0 Å². The number of hydrogen-bond acceptors (Lipinski definition) is 4. The summed E-state index contributed by atoms with van der Waals surface area (Å²) in [6.07, 6.45) is 7.05. The molecule has 104 valence electrons. The van der Waals surface area contributed by atoms with Crippen molar-refractivity contribution < 1.29 is 0 Å². The number of nitrogens with one attached hydrogen (secondary N) is 1. The summed E-state index contributed by atoms with van der Waals surface area (Å²) in [5.41, 5.74) is 2.93. The Bertz CT molecular complexity index is 559. The molecule has 3 rings (SSSR count). The zero-order valence-corrected chi connectivity index (χ0v) is 12.4. The van der Waals surface area contributed by atoms with E-state index >= 15 is 0 Å². The zero-order valence-electron chi connectivity index (χ0n) is 11.6. The van der Waals surface area contributed by atoms with Crippen molar-refractivity contribution in [3.8, 4) is 0 Å². The minimum absolute atomic E-state index is 0.383. The number of hydrogen-bond donors (Lipinski definition) is 1. The highest BCUT2D eigenvalue weighted by atomic mass is 32.2. The SMILES string of the molecule is CNC1c2ccccc2CCCC1Sc1ccncn1. The van der Waals surface area contributed by atoms with Crippen molar-refractivity contribution in [1.82, 2.24) is 15.3 Å². The molecule has 0 bridgehead atoms. The van der Waals surface area contributed by atoms with Gasteiger partial charge in [-0.2, -0.15) is 0 Å². The highest BCUT2D eigenvalue weighted by Gasteiger charge is 2.27. The Balaban J connectivity index is 1.88. The van der Waals surface area contributed by atoms with Crippen LogP contribution < -0.4 is 5.32 Å². The molecule has 0 saturated heterocycles. The van der Waals surface area contributed by atoms with Gasteiger partial charge in [0.05, 0.1) is 5.03 Å². The van der Waals surface area contributed by atoms with E-state index in [2.05, 4.69) is 46.6 Å². The highest BCUT2D eigenvalue weighted by Crippen LogP contribution is 2.38. The molecular weight excluding hydrogens is 266 g/mol. The Morgan fingerprint density at radius 3 is 2.95 bits per heavy atom. The van der Waals surface area contributed by atoms with Gasteiger partial charge >= 0.3 is 0 Å². The first-order chi connectivity index (χ1) is 9.88. The Kier molecular flexibility index (Phi) is 4.33. The Morgan fingerprint density at radius 2 is 2.15 bits per heavy atom. The number of fused-ring (bicyclic) bond motifs is 1. The van der Waals surface area contributed by atoms with Crippen molar-refractivity contribution in [2.45, 2.75) is 35.6 Å². The van der Waals surface area contributed by atoms with Gasteiger partial charge in [-0.25, -0.2) is 9.97 Å². The van der Waals surface area contributed by atoms with Crippen LogP contribution in [0, 0.1) is 0 Å². The van der Waals surface area contributed by atoms with Crippen LogP contribution in [0.1, 0.15) is 30.0 Å². The quantitative estimate of drug-likeness (QED) is 0.694. The standard InChI is InChI=1S/C16H19N3S/c1-17-16-13-7-3-2-5-12(13)6-4-8-14(16)20-15-9-10-18-11-19-15/h2-3,5,7,9-11,14,16-17H,4,6,8H2,1H3. The molecule has 0 spiro atoms. The van der Waals surface area contributed by atoms with E-state index in [1.807, 2.05) is 24.0 Å². The topological polar surface area (TPSA) is 37.8 Å². The predicted octanol–water partition coefficient (Wildman–Crippen LogP) is 3.23. The van der Waals surface area contributed by atoms with E-state index in [1.54, 1.807) is 6.33 Å². The number of thioether (sulfide) groups is 1. The van der Waals surface area contributed by atoms with Gasteiger partial charge < -0.3 is 5.32 Å². The van der Waals surface area contributed by atoms with E-state index in [0.717, 1.165) is 5.03 Å². The second kappa shape index (κ2) is 6.37. The van der Waals surface area contributed by atoms with Crippen LogP contribution in [-0.2, 0) is 6.42 Å². The molecule has 3 nitrogen and oxygen atoms in total. The molecule has 1 N–H and O–H groups in total. The summed E-state index contributed by atoms with van der Waals surface area (Å²) in [5, 5.41) is 5.08. The summed E-state index contributed by atoms with van der Waals surface area (Å²) in [4.78, 5) is 8.34. The molecule has 1 aromatic heterocycles. The van der Waals surface area contributed by atoms with Gasteiger partial charge in [-0.3, -0.25) is 0 Å². The molecule has 20 heavy (non-hydrogen) atoms. The molecule has 1 aliphatic rings. The molecule has 0 saturated carbocycles. The summed E-state index contributed by atoms with van der Waals surface area (Å²) in [6.45, 7) is 0. The van der Waals surface area contributed by atoms with Crippen LogP contribution in [-0.4, -0.2) is 22.3 Å². The summed E-state index contributed by atoms with van der Waals surface area (Å²) in [5.74, 6) is 0. The van der Waals surface area contributed by atoms with E-state index in [-0.39, 0.29) is 0 Å².